The van der Waals surface area contributed by atoms with E-state index in [1.807, 2.05) is 24.3 Å². The number of aliphatic carboxylic acids is 1. The van der Waals surface area contributed by atoms with Gasteiger partial charge in [0.1, 0.15) is 0 Å². The number of carboxylic acid groups (broad SMARTS) is 1. The molecule has 0 aliphatic rings. The van der Waals surface area contributed by atoms with Crippen LogP contribution >= 0.6 is 23.1 Å². The molecule has 0 saturated carbocycles. The Morgan fingerprint density at radius 1 is 1.36 bits per heavy atom. The Kier molecular flexibility index (Phi) is 5.42. The van der Waals surface area contributed by atoms with Crippen LogP contribution in [0.5, 0.6) is 0 Å². The zero-order valence-corrected chi connectivity index (χ0v) is 14.1. The van der Waals surface area contributed by atoms with Crippen LogP contribution in [-0.2, 0) is 9.59 Å². The second-order valence-electron chi connectivity index (χ2n) is 5.53. The lowest BCUT2D eigenvalue weighted by Gasteiger charge is -2.18. The number of thioether (sulfide) groups is 1. The number of thiazole rings is 1. The van der Waals surface area contributed by atoms with Crippen molar-refractivity contribution in [3.8, 4) is 0 Å². The molecule has 0 bridgehead atoms. The molecule has 7 heteroatoms. The first kappa shape index (κ1) is 16.8. The van der Waals surface area contributed by atoms with Gasteiger partial charge in [-0.1, -0.05) is 23.9 Å². The highest BCUT2D eigenvalue weighted by atomic mass is 32.2. The lowest BCUT2D eigenvalue weighted by atomic mass is 9.90. The quantitative estimate of drug-likeness (QED) is 0.759. The summed E-state index contributed by atoms with van der Waals surface area (Å²) in [5.41, 5.74) is 0.117. The summed E-state index contributed by atoms with van der Waals surface area (Å²) in [6.07, 6.45) is 0.403. The van der Waals surface area contributed by atoms with Crippen LogP contribution in [0.1, 0.15) is 20.3 Å². The molecule has 0 spiro atoms. The predicted octanol–water partition coefficient (Wildman–Crippen LogP) is 3.01. The van der Waals surface area contributed by atoms with E-state index in [1.165, 1.54) is 11.8 Å². The molecule has 0 atom stereocenters. The van der Waals surface area contributed by atoms with Crippen molar-refractivity contribution >= 4 is 45.2 Å². The number of carboxylic acids is 1. The van der Waals surface area contributed by atoms with Crippen molar-refractivity contribution in [2.45, 2.75) is 24.6 Å². The first-order chi connectivity index (χ1) is 10.4. The first-order valence-corrected chi connectivity index (χ1v) is 8.67. The molecule has 0 aliphatic carbocycles. The van der Waals surface area contributed by atoms with E-state index >= 15 is 0 Å². The number of rotatable bonds is 7. The number of hydrogen-bond donors (Lipinski definition) is 2. The molecule has 1 heterocycles. The van der Waals surface area contributed by atoms with E-state index in [9.17, 15) is 9.59 Å². The Morgan fingerprint density at radius 3 is 2.77 bits per heavy atom. The van der Waals surface area contributed by atoms with E-state index in [-0.39, 0.29) is 11.7 Å². The Hall–Kier alpha value is -1.60. The molecule has 22 heavy (non-hydrogen) atoms. The molecule has 5 nitrogen and oxygen atoms in total. The molecule has 1 aromatic heterocycles. The van der Waals surface area contributed by atoms with Crippen molar-refractivity contribution in [1.29, 1.82) is 0 Å². The number of amides is 1. The molecule has 1 amide bonds. The number of nitrogens with one attached hydrogen (secondary N) is 1. The topological polar surface area (TPSA) is 79.3 Å². The molecule has 2 aromatic rings. The van der Waals surface area contributed by atoms with Crippen molar-refractivity contribution in [2.24, 2.45) is 5.41 Å². The highest BCUT2D eigenvalue weighted by Crippen LogP contribution is 2.29. The highest BCUT2D eigenvalue weighted by Gasteiger charge is 2.26. The van der Waals surface area contributed by atoms with E-state index in [2.05, 4.69) is 10.3 Å². The van der Waals surface area contributed by atoms with Crippen molar-refractivity contribution < 1.29 is 14.7 Å². The third-order valence-corrected chi connectivity index (χ3v) is 5.43. The highest BCUT2D eigenvalue weighted by molar-refractivity contribution is 8.01. The minimum atomic E-state index is -0.856. The summed E-state index contributed by atoms with van der Waals surface area (Å²) in [7, 11) is 0. The number of carbonyl (C=O) groups excluding carboxylic acids is 1. The molecule has 0 aliphatic heterocycles. The van der Waals surface area contributed by atoms with Gasteiger partial charge < -0.3 is 10.4 Å². The summed E-state index contributed by atoms with van der Waals surface area (Å²) in [6, 6.07) is 7.86. The SMILES string of the molecule is CC(C)(CCNC(=O)CSc1nc2ccccc2s1)C(=O)O. The molecule has 1 aromatic carbocycles. The van der Waals surface area contributed by atoms with Gasteiger partial charge in [0.25, 0.3) is 0 Å². The lowest BCUT2D eigenvalue weighted by Crippen LogP contribution is -2.32. The molecular weight excluding hydrogens is 320 g/mol. The fraction of sp³-hybridized carbons (Fsp3) is 0.400. The number of hydrogen-bond acceptors (Lipinski definition) is 5. The van der Waals surface area contributed by atoms with E-state index in [0.717, 1.165) is 14.6 Å². The van der Waals surface area contributed by atoms with Gasteiger partial charge in [0.05, 0.1) is 21.4 Å². The fourth-order valence-electron chi connectivity index (χ4n) is 1.71. The van der Waals surface area contributed by atoms with Crippen LogP contribution in [0.15, 0.2) is 28.6 Å². The average Bonchev–Trinajstić information content (AvgIpc) is 2.87. The molecular formula is C15H18N2O3S2. The van der Waals surface area contributed by atoms with E-state index in [1.54, 1.807) is 25.2 Å². The smallest absolute Gasteiger partial charge is 0.309 e. The molecule has 0 saturated heterocycles. The van der Waals surface area contributed by atoms with Crippen LogP contribution in [0.3, 0.4) is 0 Å². The van der Waals surface area contributed by atoms with Gasteiger partial charge >= 0.3 is 5.97 Å². The number of para-hydroxylation sites is 1. The van der Waals surface area contributed by atoms with Crippen molar-refractivity contribution in [2.75, 3.05) is 12.3 Å². The van der Waals surface area contributed by atoms with Crippen molar-refractivity contribution in [3.05, 3.63) is 24.3 Å². The lowest BCUT2D eigenvalue weighted by molar-refractivity contribution is -0.147. The number of fused-ring (bicyclic) bond motifs is 1. The zero-order chi connectivity index (χ0) is 16.2. The monoisotopic (exact) mass is 338 g/mol. The third kappa shape index (κ3) is 4.45. The van der Waals surface area contributed by atoms with Crippen LogP contribution in [0.4, 0.5) is 0 Å². The van der Waals surface area contributed by atoms with Crippen LogP contribution in [0, 0.1) is 5.41 Å². The molecule has 2 rings (SSSR count). The van der Waals surface area contributed by atoms with Gasteiger partial charge in [-0.25, -0.2) is 4.98 Å². The van der Waals surface area contributed by atoms with E-state index in [0.29, 0.717) is 13.0 Å². The van der Waals surface area contributed by atoms with E-state index < -0.39 is 11.4 Å². The average molecular weight is 338 g/mol. The van der Waals surface area contributed by atoms with E-state index in [4.69, 9.17) is 5.11 Å². The Bertz CT molecular complexity index is 649. The van der Waals surface area contributed by atoms with Gasteiger partial charge in [0.2, 0.25) is 5.91 Å². The third-order valence-electron chi connectivity index (χ3n) is 3.25. The van der Waals surface area contributed by atoms with Gasteiger partial charge in [-0.3, -0.25) is 9.59 Å². The number of carbonyl (C=O) groups is 2. The number of aromatic nitrogens is 1. The largest absolute Gasteiger partial charge is 0.481 e. The maximum atomic E-state index is 11.8. The Balaban J connectivity index is 1.77. The summed E-state index contributed by atoms with van der Waals surface area (Å²) in [5.74, 6) is -0.677. The predicted molar refractivity (Wildman–Crippen MR) is 89.4 cm³/mol. The van der Waals surface area contributed by atoms with Crippen LogP contribution in [0.2, 0.25) is 0 Å². The van der Waals surface area contributed by atoms with Gasteiger partial charge in [0.15, 0.2) is 4.34 Å². The molecule has 0 radical (unpaired) electrons. The van der Waals surface area contributed by atoms with Gasteiger partial charge in [-0.15, -0.1) is 11.3 Å². The molecule has 0 fully saturated rings. The second kappa shape index (κ2) is 7.11. The zero-order valence-electron chi connectivity index (χ0n) is 12.5. The maximum absolute atomic E-state index is 11.8. The summed E-state index contributed by atoms with van der Waals surface area (Å²) >= 11 is 2.96. The molecule has 118 valence electrons. The maximum Gasteiger partial charge on any atom is 0.309 e. The van der Waals surface area contributed by atoms with Crippen molar-refractivity contribution in [3.63, 3.8) is 0 Å². The summed E-state index contributed by atoms with van der Waals surface area (Å²) < 4.78 is 1.97. The summed E-state index contributed by atoms with van der Waals surface area (Å²) in [6.45, 7) is 3.66. The van der Waals surface area contributed by atoms with Gasteiger partial charge in [0, 0.05) is 6.54 Å². The Morgan fingerprint density at radius 2 is 2.09 bits per heavy atom. The molecule has 2 N–H and O–H groups in total. The minimum absolute atomic E-state index is 0.106. The van der Waals surface area contributed by atoms with Crippen LogP contribution in [0.25, 0.3) is 10.2 Å². The summed E-state index contributed by atoms with van der Waals surface area (Å²) in [5, 5.41) is 11.8. The normalized spacial score (nSPS) is 11.5. The fourth-order valence-corrected chi connectivity index (χ4v) is 3.61. The standard InChI is InChI=1S/C15H18N2O3S2/c1-15(2,13(19)20)7-8-16-12(18)9-21-14-17-10-5-3-4-6-11(10)22-14/h3-6H,7-9H2,1-2H3,(H,16,18)(H,19,20). The van der Waals surface area contributed by atoms with Gasteiger partial charge in [-0.2, -0.15) is 0 Å². The minimum Gasteiger partial charge on any atom is -0.481 e. The number of nitrogens with zero attached hydrogens (tertiary/aromatic N) is 1. The molecule has 0 unspecified atom stereocenters. The van der Waals surface area contributed by atoms with Gasteiger partial charge in [-0.05, 0) is 32.4 Å². The van der Waals surface area contributed by atoms with Crippen LogP contribution in [-0.4, -0.2) is 34.3 Å². The number of benzene rings is 1. The second-order valence-corrected chi connectivity index (χ2v) is 7.78. The first-order valence-electron chi connectivity index (χ1n) is 6.87. The van der Waals surface area contributed by atoms with Crippen molar-refractivity contribution in [1.82, 2.24) is 10.3 Å². The summed E-state index contributed by atoms with van der Waals surface area (Å²) in [4.78, 5) is 27.2. The Labute approximate surface area is 137 Å². The van der Waals surface area contributed by atoms with Crippen LogP contribution < -0.4 is 5.32 Å².